The minimum Gasteiger partial charge on any atom is -1.00 e. The number of quaternary nitrogens is 1. The molecule has 0 aliphatic heterocycles. The topological polar surface area (TPSA) is 20.2 Å². The Hall–Kier alpha value is -0.570. The predicted molar refractivity (Wildman–Crippen MR) is 137 cm³/mol. The molecular weight excluding hydrogens is 414 g/mol. The van der Waals surface area contributed by atoms with Gasteiger partial charge < -0.3 is 22.0 Å². The minimum absolute atomic E-state index is 0. The van der Waals surface area contributed by atoms with Crippen molar-refractivity contribution in [3.8, 4) is 0 Å². The Morgan fingerprint density at radius 3 is 1.53 bits per heavy atom. The fourth-order valence-corrected chi connectivity index (χ4v) is 4.71. The summed E-state index contributed by atoms with van der Waals surface area (Å²) in [5.74, 6) is 0. The van der Waals surface area contributed by atoms with Crippen LogP contribution in [0, 0.1) is 0 Å². The van der Waals surface area contributed by atoms with Crippen LogP contribution in [0.5, 0.6) is 0 Å². The molecule has 1 atom stereocenters. The lowest BCUT2D eigenvalue weighted by molar-refractivity contribution is -0.903. The molecule has 1 unspecified atom stereocenters. The van der Waals surface area contributed by atoms with Crippen molar-refractivity contribution in [3.63, 3.8) is 0 Å². The lowest BCUT2D eigenvalue weighted by Gasteiger charge is -2.31. The maximum atomic E-state index is 10.0. The molecule has 0 saturated carbocycles. The molecule has 1 aromatic rings. The number of unbranched alkanes of at least 4 members (excludes halogenated alkanes) is 15. The SMILES string of the molecule is CCCCCCCCCCCCCCCCCC[N+](C)(C)Cc1ccccc1C(C)O.[Cl-]. The average molecular weight is 468 g/mol. The van der Waals surface area contributed by atoms with Gasteiger partial charge >= 0.3 is 0 Å². The van der Waals surface area contributed by atoms with Gasteiger partial charge in [-0.05, 0) is 25.3 Å². The smallest absolute Gasteiger partial charge is 0.104 e. The highest BCUT2D eigenvalue weighted by Gasteiger charge is 2.18. The van der Waals surface area contributed by atoms with Crippen LogP contribution in [-0.2, 0) is 6.54 Å². The van der Waals surface area contributed by atoms with Crippen molar-refractivity contribution in [1.82, 2.24) is 0 Å². The molecule has 0 heterocycles. The van der Waals surface area contributed by atoms with Crippen LogP contribution in [0.3, 0.4) is 0 Å². The Morgan fingerprint density at radius 1 is 0.688 bits per heavy atom. The van der Waals surface area contributed by atoms with E-state index in [1.54, 1.807) is 0 Å². The van der Waals surface area contributed by atoms with Crippen LogP contribution in [-0.4, -0.2) is 30.2 Å². The third-order valence-corrected chi connectivity index (χ3v) is 6.72. The van der Waals surface area contributed by atoms with Gasteiger partial charge in [0.05, 0.1) is 26.7 Å². The van der Waals surface area contributed by atoms with E-state index in [-0.39, 0.29) is 18.5 Å². The second kappa shape index (κ2) is 19.9. The number of aliphatic hydroxyl groups is 1. The van der Waals surface area contributed by atoms with Gasteiger partial charge in [0.15, 0.2) is 0 Å². The van der Waals surface area contributed by atoms with Gasteiger partial charge in [-0.3, -0.25) is 0 Å². The first-order chi connectivity index (χ1) is 15.0. The molecule has 0 amide bonds. The molecule has 1 aromatic carbocycles. The van der Waals surface area contributed by atoms with Gasteiger partial charge in [-0.25, -0.2) is 0 Å². The predicted octanol–water partition coefficient (Wildman–Crippen LogP) is 5.58. The van der Waals surface area contributed by atoms with Crippen molar-refractivity contribution in [3.05, 3.63) is 35.4 Å². The Bertz CT molecular complexity index is 544. The molecule has 1 rings (SSSR count). The van der Waals surface area contributed by atoms with Crippen molar-refractivity contribution in [2.75, 3.05) is 20.6 Å². The lowest BCUT2D eigenvalue weighted by atomic mass is 10.0. The van der Waals surface area contributed by atoms with E-state index in [1.807, 2.05) is 13.0 Å². The summed E-state index contributed by atoms with van der Waals surface area (Å²) < 4.78 is 1.00. The summed E-state index contributed by atoms with van der Waals surface area (Å²) in [5, 5.41) is 10.0. The van der Waals surface area contributed by atoms with E-state index < -0.39 is 0 Å². The maximum Gasteiger partial charge on any atom is 0.104 e. The van der Waals surface area contributed by atoms with Crippen LogP contribution in [0.15, 0.2) is 24.3 Å². The molecule has 3 heteroatoms. The summed E-state index contributed by atoms with van der Waals surface area (Å²) >= 11 is 0. The van der Waals surface area contributed by atoms with Crippen LogP contribution >= 0.6 is 0 Å². The molecule has 0 radical (unpaired) electrons. The molecule has 0 bridgehead atoms. The van der Waals surface area contributed by atoms with Gasteiger partial charge in [-0.2, -0.15) is 0 Å². The van der Waals surface area contributed by atoms with E-state index in [0.29, 0.717) is 0 Å². The standard InChI is InChI=1S/C29H54NO.ClH/c1-5-6-7-8-9-10-11-12-13-14-15-16-17-18-19-22-25-30(3,4)26-28-23-20-21-24-29(28)27(2)31;/h20-21,23-24,27,31H,5-19,22,25-26H2,1-4H3;1H/q+1;/p-1. The van der Waals surface area contributed by atoms with Crippen molar-refractivity contribution in [1.29, 1.82) is 0 Å². The van der Waals surface area contributed by atoms with E-state index >= 15 is 0 Å². The number of rotatable bonds is 20. The van der Waals surface area contributed by atoms with E-state index in [9.17, 15) is 5.11 Å². The fraction of sp³-hybridized carbons (Fsp3) is 0.793. The Labute approximate surface area is 207 Å². The summed E-state index contributed by atoms with van der Waals surface area (Å²) in [6.07, 6.45) is 22.4. The first-order valence-corrected chi connectivity index (χ1v) is 13.5. The van der Waals surface area contributed by atoms with Gasteiger partial charge in [-0.1, -0.05) is 121 Å². The molecule has 0 spiro atoms. The third kappa shape index (κ3) is 16.1. The molecule has 0 fully saturated rings. The van der Waals surface area contributed by atoms with Gasteiger partial charge in [0.25, 0.3) is 0 Å². The number of benzene rings is 1. The second-order valence-electron chi connectivity index (χ2n) is 10.5. The molecule has 0 saturated heterocycles. The van der Waals surface area contributed by atoms with Crippen molar-refractivity contribution < 1.29 is 22.0 Å². The molecule has 0 aliphatic rings. The van der Waals surface area contributed by atoms with Crippen molar-refractivity contribution in [2.45, 2.75) is 129 Å². The molecule has 0 aliphatic carbocycles. The Balaban J connectivity index is 0.00000961. The van der Waals surface area contributed by atoms with Crippen molar-refractivity contribution >= 4 is 0 Å². The minimum atomic E-state index is -0.383. The Kier molecular flexibility index (Phi) is 19.5. The lowest BCUT2D eigenvalue weighted by Crippen LogP contribution is -3.00. The zero-order chi connectivity index (χ0) is 22.8. The molecule has 188 valence electrons. The molecule has 1 N–H and O–H groups in total. The van der Waals surface area contributed by atoms with E-state index in [4.69, 9.17) is 0 Å². The Morgan fingerprint density at radius 2 is 1.09 bits per heavy atom. The monoisotopic (exact) mass is 467 g/mol. The van der Waals surface area contributed by atoms with Gasteiger partial charge in [0.2, 0.25) is 0 Å². The zero-order valence-electron chi connectivity index (χ0n) is 21.9. The summed E-state index contributed by atoms with van der Waals surface area (Å²) in [6.45, 7) is 6.38. The van der Waals surface area contributed by atoms with Gasteiger partial charge in [0.1, 0.15) is 6.54 Å². The van der Waals surface area contributed by atoms with E-state index in [0.717, 1.165) is 16.6 Å². The van der Waals surface area contributed by atoms with Crippen LogP contribution < -0.4 is 12.4 Å². The quantitative estimate of drug-likeness (QED) is 0.196. The highest BCUT2D eigenvalue weighted by atomic mass is 35.5. The van der Waals surface area contributed by atoms with Crippen LogP contribution in [0.25, 0.3) is 0 Å². The first-order valence-electron chi connectivity index (χ1n) is 13.5. The number of hydrogen-bond donors (Lipinski definition) is 1. The first kappa shape index (κ1) is 31.4. The normalized spacial score (nSPS) is 12.5. The highest BCUT2D eigenvalue weighted by Crippen LogP contribution is 2.21. The van der Waals surface area contributed by atoms with E-state index in [1.165, 1.54) is 115 Å². The summed E-state index contributed by atoms with van der Waals surface area (Å²) in [7, 11) is 4.65. The molecule has 2 nitrogen and oxygen atoms in total. The van der Waals surface area contributed by atoms with Gasteiger partial charge in [-0.15, -0.1) is 0 Å². The maximum absolute atomic E-state index is 10.0. The van der Waals surface area contributed by atoms with Crippen molar-refractivity contribution in [2.24, 2.45) is 0 Å². The number of hydrogen-bond acceptors (Lipinski definition) is 1. The summed E-state index contributed by atoms with van der Waals surface area (Å²) in [6, 6.07) is 8.36. The van der Waals surface area contributed by atoms with Gasteiger partial charge in [0, 0.05) is 5.56 Å². The molecular formula is C29H54ClNO. The summed E-state index contributed by atoms with van der Waals surface area (Å²) in [5.41, 5.74) is 2.37. The van der Waals surface area contributed by atoms with Crippen LogP contribution in [0.2, 0.25) is 0 Å². The molecule has 32 heavy (non-hydrogen) atoms. The van der Waals surface area contributed by atoms with E-state index in [2.05, 4.69) is 39.2 Å². The van der Waals surface area contributed by atoms with Crippen LogP contribution in [0.4, 0.5) is 0 Å². The second-order valence-corrected chi connectivity index (χ2v) is 10.5. The number of nitrogens with zero attached hydrogens (tertiary/aromatic N) is 1. The van der Waals surface area contributed by atoms with Crippen LogP contribution in [0.1, 0.15) is 134 Å². The number of aliphatic hydroxyl groups excluding tert-OH is 1. The number of halogens is 1. The average Bonchev–Trinajstić information content (AvgIpc) is 2.73. The largest absolute Gasteiger partial charge is 1.00 e. The highest BCUT2D eigenvalue weighted by molar-refractivity contribution is 5.28. The molecule has 0 aromatic heterocycles. The fourth-order valence-electron chi connectivity index (χ4n) is 4.71. The zero-order valence-corrected chi connectivity index (χ0v) is 22.6. The summed E-state index contributed by atoms with van der Waals surface area (Å²) in [4.78, 5) is 0. The third-order valence-electron chi connectivity index (χ3n) is 6.72.